The van der Waals surface area contributed by atoms with E-state index in [1.165, 1.54) is 0 Å². The molecule has 2 rings (SSSR count). The topological polar surface area (TPSA) is 17.1 Å². The lowest BCUT2D eigenvalue weighted by Crippen LogP contribution is -1.85. The summed E-state index contributed by atoms with van der Waals surface area (Å²) in [5.41, 5.74) is 2.53. The molecule has 2 aromatic carbocycles. The highest BCUT2D eigenvalue weighted by atomic mass is 16.1. The van der Waals surface area contributed by atoms with E-state index in [1.807, 2.05) is 48.5 Å². The van der Waals surface area contributed by atoms with Crippen LogP contribution < -0.4 is 0 Å². The van der Waals surface area contributed by atoms with E-state index < -0.39 is 0 Å². The van der Waals surface area contributed by atoms with Crippen LogP contribution in [0.1, 0.15) is 47.2 Å². The Morgan fingerprint density at radius 1 is 0.773 bits per heavy atom. The van der Waals surface area contributed by atoms with Crippen LogP contribution in [0.15, 0.2) is 54.6 Å². The van der Waals surface area contributed by atoms with Crippen LogP contribution in [0.5, 0.6) is 0 Å². The number of carbonyl (C=O) groups is 1. The Hall–Kier alpha value is -2.77. The first kappa shape index (κ1) is 15.6. The lowest BCUT2D eigenvalue weighted by molar-refractivity contribution is 0.112. The molecule has 0 aliphatic rings. The second kappa shape index (κ2) is 9.22. The van der Waals surface area contributed by atoms with Crippen LogP contribution in [0.3, 0.4) is 0 Å². The van der Waals surface area contributed by atoms with Gasteiger partial charge in [-0.25, -0.2) is 0 Å². The summed E-state index contributed by atoms with van der Waals surface area (Å²) < 4.78 is 0. The molecule has 0 N–H and O–H groups in total. The zero-order valence-electron chi connectivity index (χ0n) is 12.5. The van der Waals surface area contributed by atoms with Gasteiger partial charge in [-0.05, 0) is 31.0 Å². The molecule has 0 amide bonds. The quantitative estimate of drug-likeness (QED) is 0.460. The van der Waals surface area contributed by atoms with Crippen LogP contribution in [-0.4, -0.2) is 6.29 Å². The van der Waals surface area contributed by atoms with Crippen molar-refractivity contribution in [1.82, 2.24) is 0 Å². The van der Waals surface area contributed by atoms with Crippen molar-refractivity contribution in [1.29, 1.82) is 0 Å². The van der Waals surface area contributed by atoms with Crippen LogP contribution >= 0.6 is 0 Å². The number of hydrogen-bond acceptors (Lipinski definition) is 1. The molecule has 1 heteroatoms. The minimum atomic E-state index is 0.656. The van der Waals surface area contributed by atoms with E-state index in [-0.39, 0.29) is 0 Å². The third-order valence-electron chi connectivity index (χ3n) is 3.17. The van der Waals surface area contributed by atoms with Gasteiger partial charge >= 0.3 is 0 Å². The van der Waals surface area contributed by atoms with Gasteiger partial charge in [-0.3, -0.25) is 4.79 Å². The predicted octanol–water partition coefficient (Wildman–Crippen LogP) is 4.46. The van der Waals surface area contributed by atoms with E-state index in [4.69, 9.17) is 0 Å². The summed E-state index contributed by atoms with van der Waals surface area (Å²) in [5.74, 6) is 12.5. The Kier molecular flexibility index (Phi) is 6.54. The molecule has 0 aromatic heterocycles. The number of rotatable bonds is 4. The van der Waals surface area contributed by atoms with E-state index in [9.17, 15) is 4.79 Å². The molecule has 0 unspecified atom stereocenters. The van der Waals surface area contributed by atoms with E-state index >= 15 is 0 Å². The molecule has 0 saturated carbocycles. The Bertz CT molecular complexity index is 721. The average Bonchev–Trinajstić information content (AvgIpc) is 2.58. The number of carbonyl (C=O) groups excluding carboxylic acids is 1. The van der Waals surface area contributed by atoms with Crippen molar-refractivity contribution in [3.8, 4) is 23.7 Å². The first-order valence-corrected chi connectivity index (χ1v) is 7.47. The standard InChI is InChI=1S/C21H18O/c22-18-21-17-11-10-16-20(21)15-9-4-2-1-3-6-12-19-13-7-5-8-14-19/h5,7-8,10-11,13-14,16-18H,1-4H2. The summed E-state index contributed by atoms with van der Waals surface area (Å²) in [5, 5.41) is 0. The molecular formula is C21H18O. The Morgan fingerprint density at radius 2 is 1.41 bits per heavy atom. The molecule has 22 heavy (non-hydrogen) atoms. The maximum absolute atomic E-state index is 10.9. The summed E-state index contributed by atoms with van der Waals surface area (Å²) in [6.45, 7) is 0. The molecule has 0 spiro atoms. The first-order chi connectivity index (χ1) is 10.9. The molecule has 0 aliphatic heterocycles. The van der Waals surface area contributed by atoms with Gasteiger partial charge in [0.2, 0.25) is 0 Å². The highest BCUT2D eigenvalue weighted by Gasteiger charge is 1.94. The second-order valence-corrected chi connectivity index (χ2v) is 4.88. The first-order valence-electron chi connectivity index (χ1n) is 7.47. The van der Waals surface area contributed by atoms with E-state index in [1.54, 1.807) is 6.07 Å². The molecule has 108 valence electrons. The van der Waals surface area contributed by atoms with Gasteiger partial charge in [0.15, 0.2) is 6.29 Å². The highest BCUT2D eigenvalue weighted by Crippen LogP contribution is 2.05. The van der Waals surface area contributed by atoms with Gasteiger partial charge in [0.05, 0.1) is 0 Å². The van der Waals surface area contributed by atoms with Crippen LogP contribution in [-0.2, 0) is 0 Å². The molecular weight excluding hydrogens is 268 g/mol. The summed E-state index contributed by atoms with van der Waals surface area (Å²) in [4.78, 5) is 10.9. The highest BCUT2D eigenvalue weighted by molar-refractivity contribution is 5.79. The van der Waals surface area contributed by atoms with Crippen molar-refractivity contribution in [3.05, 3.63) is 71.3 Å². The molecule has 0 bridgehead atoms. The van der Waals surface area contributed by atoms with Crippen molar-refractivity contribution >= 4 is 6.29 Å². The molecule has 0 radical (unpaired) electrons. The van der Waals surface area contributed by atoms with Crippen LogP contribution in [0.4, 0.5) is 0 Å². The van der Waals surface area contributed by atoms with Crippen molar-refractivity contribution in [2.24, 2.45) is 0 Å². The third kappa shape index (κ3) is 5.31. The van der Waals surface area contributed by atoms with E-state index in [2.05, 4.69) is 23.7 Å². The maximum atomic E-state index is 10.9. The Morgan fingerprint density at radius 3 is 2.14 bits per heavy atom. The number of hydrogen-bond donors (Lipinski definition) is 0. The van der Waals surface area contributed by atoms with Crippen LogP contribution in [0.25, 0.3) is 0 Å². The average molecular weight is 286 g/mol. The van der Waals surface area contributed by atoms with Crippen molar-refractivity contribution < 1.29 is 4.79 Å². The largest absolute Gasteiger partial charge is 0.298 e. The minimum absolute atomic E-state index is 0.656. The Labute approximate surface area is 132 Å². The van der Waals surface area contributed by atoms with E-state index in [0.29, 0.717) is 5.56 Å². The predicted molar refractivity (Wildman–Crippen MR) is 90.5 cm³/mol. The summed E-state index contributed by atoms with van der Waals surface area (Å²) in [6, 6.07) is 17.4. The van der Waals surface area contributed by atoms with Gasteiger partial charge in [0.1, 0.15) is 0 Å². The molecule has 0 saturated heterocycles. The fourth-order valence-electron chi connectivity index (χ4n) is 1.98. The van der Waals surface area contributed by atoms with Crippen LogP contribution in [0, 0.1) is 23.7 Å². The number of unbranched alkanes of at least 4 members (excludes halogenated alkanes) is 3. The van der Waals surface area contributed by atoms with Crippen molar-refractivity contribution in [2.75, 3.05) is 0 Å². The monoisotopic (exact) mass is 286 g/mol. The number of benzene rings is 2. The van der Waals surface area contributed by atoms with Crippen molar-refractivity contribution in [3.63, 3.8) is 0 Å². The van der Waals surface area contributed by atoms with Gasteiger partial charge in [0.25, 0.3) is 0 Å². The van der Waals surface area contributed by atoms with Gasteiger partial charge in [-0.2, -0.15) is 0 Å². The molecule has 0 fully saturated rings. The van der Waals surface area contributed by atoms with Gasteiger partial charge < -0.3 is 0 Å². The van der Waals surface area contributed by atoms with Crippen LogP contribution in [0.2, 0.25) is 0 Å². The lowest BCUT2D eigenvalue weighted by Gasteiger charge is -1.94. The zero-order valence-corrected chi connectivity index (χ0v) is 12.5. The molecule has 1 nitrogen and oxygen atoms in total. The van der Waals surface area contributed by atoms with Gasteiger partial charge in [-0.15, -0.1) is 0 Å². The van der Waals surface area contributed by atoms with E-state index in [0.717, 1.165) is 43.1 Å². The lowest BCUT2D eigenvalue weighted by atomic mass is 10.1. The fourth-order valence-corrected chi connectivity index (χ4v) is 1.98. The van der Waals surface area contributed by atoms with Crippen molar-refractivity contribution in [2.45, 2.75) is 25.7 Å². The number of aldehydes is 1. The van der Waals surface area contributed by atoms with Gasteiger partial charge in [0, 0.05) is 29.5 Å². The Balaban J connectivity index is 1.71. The normalized spacial score (nSPS) is 9.09. The zero-order chi connectivity index (χ0) is 15.5. The smallest absolute Gasteiger partial charge is 0.151 e. The SMILES string of the molecule is O=Cc1ccccc1C#CCCCCC#Cc1ccccc1. The minimum Gasteiger partial charge on any atom is -0.298 e. The maximum Gasteiger partial charge on any atom is 0.151 e. The molecule has 0 atom stereocenters. The molecule has 0 aliphatic carbocycles. The summed E-state index contributed by atoms with van der Waals surface area (Å²) >= 11 is 0. The summed E-state index contributed by atoms with van der Waals surface area (Å²) in [7, 11) is 0. The third-order valence-corrected chi connectivity index (χ3v) is 3.17. The fraction of sp³-hybridized carbons (Fsp3) is 0.190. The summed E-state index contributed by atoms with van der Waals surface area (Å²) in [6.07, 6.45) is 4.65. The molecule has 2 aromatic rings. The van der Waals surface area contributed by atoms with Gasteiger partial charge in [-0.1, -0.05) is 60.1 Å². The molecule has 0 heterocycles. The second-order valence-electron chi connectivity index (χ2n) is 4.88.